The van der Waals surface area contributed by atoms with Crippen LogP contribution in [0.3, 0.4) is 0 Å². The lowest BCUT2D eigenvalue weighted by atomic mass is 10.1. The number of carbonyl (C=O) groups is 1. The molecule has 0 N–H and O–H groups in total. The summed E-state index contributed by atoms with van der Waals surface area (Å²) in [5, 5.41) is 13.8. The highest BCUT2D eigenvalue weighted by Gasteiger charge is 2.44. The molecule has 182 valence electrons. The molecule has 0 saturated carbocycles. The quantitative estimate of drug-likeness (QED) is 0.410. The lowest BCUT2D eigenvalue weighted by Crippen LogP contribution is -2.38. The Balaban J connectivity index is 1.53. The Labute approximate surface area is 202 Å². The highest BCUT2D eigenvalue weighted by Crippen LogP contribution is 2.46. The van der Waals surface area contributed by atoms with Crippen molar-refractivity contribution in [3.05, 3.63) is 70.2 Å². The van der Waals surface area contributed by atoms with Crippen LogP contribution in [0.1, 0.15) is 18.1 Å². The van der Waals surface area contributed by atoms with Gasteiger partial charge >= 0.3 is 6.29 Å². The van der Waals surface area contributed by atoms with E-state index in [4.69, 9.17) is 4.42 Å². The number of alkyl halides is 2. The second-order valence-corrected chi connectivity index (χ2v) is 8.01. The van der Waals surface area contributed by atoms with E-state index in [1.165, 1.54) is 36.3 Å². The number of hydrogen-bond acceptors (Lipinski definition) is 7. The van der Waals surface area contributed by atoms with E-state index < -0.39 is 24.3 Å². The summed E-state index contributed by atoms with van der Waals surface area (Å²) < 4.78 is 42.7. The van der Waals surface area contributed by atoms with Gasteiger partial charge in [0.2, 0.25) is 5.91 Å². The molecule has 4 aromatic rings. The number of fused-ring (bicyclic) bond motifs is 2. The Hall–Kier alpha value is -4.72. The fraction of sp³-hybridized carbons (Fsp3) is 0.200. The Bertz CT molecular complexity index is 1620. The van der Waals surface area contributed by atoms with E-state index in [0.717, 1.165) is 4.68 Å². The average Bonchev–Trinajstić information content (AvgIpc) is 3.47. The first-order valence-electron chi connectivity index (χ1n) is 10.9. The monoisotopic (exact) mass is 492 g/mol. The number of aromatic nitrogens is 2. The first-order valence-corrected chi connectivity index (χ1v) is 10.9. The van der Waals surface area contributed by atoms with Crippen molar-refractivity contribution in [3.63, 3.8) is 0 Å². The van der Waals surface area contributed by atoms with Gasteiger partial charge in [-0.05, 0) is 44.2 Å². The zero-order valence-electron chi connectivity index (χ0n) is 19.1. The topological polar surface area (TPSA) is 111 Å². The molecule has 9 nitrogen and oxygen atoms in total. The number of amides is 1. The minimum atomic E-state index is -3.79. The van der Waals surface area contributed by atoms with E-state index in [0.29, 0.717) is 28.1 Å². The summed E-state index contributed by atoms with van der Waals surface area (Å²) in [5.74, 6) is -0.781. The predicted molar refractivity (Wildman–Crippen MR) is 124 cm³/mol. The van der Waals surface area contributed by atoms with Crippen LogP contribution in [0.2, 0.25) is 0 Å². The molecular weight excluding hydrogens is 474 g/mol. The van der Waals surface area contributed by atoms with Crippen LogP contribution in [0.5, 0.6) is 11.5 Å². The molecular formula is C25H18F2N4O5. The summed E-state index contributed by atoms with van der Waals surface area (Å²) in [6, 6.07) is 12.9. The third-order valence-corrected chi connectivity index (χ3v) is 5.81. The van der Waals surface area contributed by atoms with Gasteiger partial charge in [-0.1, -0.05) is 12.1 Å². The van der Waals surface area contributed by atoms with Gasteiger partial charge in [-0.15, -0.1) is 8.78 Å². The van der Waals surface area contributed by atoms with Crippen LogP contribution in [0.25, 0.3) is 22.2 Å². The van der Waals surface area contributed by atoms with Gasteiger partial charge in [0.15, 0.2) is 17.1 Å². The number of carbonyl (C=O) groups excluding carboxylic acids is 1. The van der Waals surface area contributed by atoms with Crippen molar-refractivity contribution in [2.24, 2.45) is 0 Å². The molecule has 2 aromatic carbocycles. The van der Waals surface area contributed by atoms with Crippen LogP contribution >= 0.6 is 0 Å². The summed E-state index contributed by atoms with van der Waals surface area (Å²) in [5.41, 5.74) is 1.55. The highest BCUT2D eigenvalue weighted by atomic mass is 19.3. The van der Waals surface area contributed by atoms with Crippen LogP contribution in [-0.2, 0) is 11.3 Å². The van der Waals surface area contributed by atoms with Crippen LogP contribution in [0.15, 0.2) is 57.9 Å². The van der Waals surface area contributed by atoms with Crippen molar-refractivity contribution in [1.82, 2.24) is 9.78 Å². The van der Waals surface area contributed by atoms with E-state index in [1.54, 1.807) is 31.2 Å². The standard InChI is InChI=1S/C25H18F2N4O5/c1-3-30(18-7-8-19-22(14(18)2)36-25(26,27)35-19)20(32)13-31-24(33)17-9-10-34-23(17)21(29-31)16-6-4-5-15(11-16)12-28/h4-11H,3,13H2,1-2H3. The molecule has 0 bridgehead atoms. The van der Waals surface area contributed by atoms with Crippen molar-refractivity contribution in [2.75, 3.05) is 11.4 Å². The molecule has 0 spiro atoms. The minimum Gasteiger partial charge on any atom is -0.462 e. The number of halogens is 2. The molecule has 0 unspecified atom stereocenters. The van der Waals surface area contributed by atoms with E-state index >= 15 is 0 Å². The van der Waals surface area contributed by atoms with E-state index in [2.05, 4.69) is 20.6 Å². The van der Waals surface area contributed by atoms with Gasteiger partial charge in [0.05, 0.1) is 29.0 Å². The van der Waals surface area contributed by atoms with Gasteiger partial charge in [-0.25, -0.2) is 4.68 Å². The summed E-state index contributed by atoms with van der Waals surface area (Å²) >= 11 is 0. The van der Waals surface area contributed by atoms with Gasteiger partial charge in [-0.3, -0.25) is 9.59 Å². The number of likely N-dealkylation sites (N-methyl/N-ethyl adjacent to an activating group) is 1. The van der Waals surface area contributed by atoms with Crippen molar-refractivity contribution in [2.45, 2.75) is 26.7 Å². The number of rotatable bonds is 5. The molecule has 5 rings (SSSR count). The van der Waals surface area contributed by atoms with Gasteiger partial charge in [0.25, 0.3) is 5.56 Å². The first kappa shape index (κ1) is 23.0. The maximum Gasteiger partial charge on any atom is 0.586 e. The number of nitrogens with zero attached hydrogens (tertiary/aromatic N) is 4. The number of furan rings is 1. The number of benzene rings is 2. The Kier molecular flexibility index (Phi) is 5.44. The Morgan fingerprint density at radius 2 is 2.03 bits per heavy atom. The molecule has 0 saturated heterocycles. The molecule has 0 aliphatic carbocycles. The normalized spacial score (nSPS) is 13.5. The van der Waals surface area contributed by atoms with Gasteiger partial charge < -0.3 is 18.8 Å². The number of nitriles is 1. The smallest absolute Gasteiger partial charge is 0.462 e. The van der Waals surface area contributed by atoms with Gasteiger partial charge in [0, 0.05) is 17.7 Å². The fourth-order valence-corrected chi connectivity index (χ4v) is 4.16. The van der Waals surface area contributed by atoms with Crippen LogP contribution in [0, 0.1) is 18.3 Å². The average molecular weight is 492 g/mol. The molecule has 0 atom stereocenters. The summed E-state index contributed by atoms with van der Waals surface area (Å²) in [4.78, 5) is 27.8. The Morgan fingerprint density at radius 3 is 2.78 bits per heavy atom. The summed E-state index contributed by atoms with van der Waals surface area (Å²) in [6.45, 7) is 3.01. The van der Waals surface area contributed by atoms with E-state index in [9.17, 15) is 23.6 Å². The first-order chi connectivity index (χ1) is 17.2. The van der Waals surface area contributed by atoms with E-state index in [-0.39, 0.29) is 29.0 Å². The summed E-state index contributed by atoms with van der Waals surface area (Å²) in [6.07, 6.45) is -2.44. The summed E-state index contributed by atoms with van der Waals surface area (Å²) in [7, 11) is 0. The molecule has 1 amide bonds. The predicted octanol–water partition coefficient (Wildman–Crippen LogP) is 4.21. The minimum absolute atomic E-state index is 0.128. The zero-order chi connectivity index (χ0) is 25.6. The third kappa shape index (κ3) is 3.82. The molecule has 0 fully saturated rings. The lowest BCUT2D eigenvalue weighted by Gasteiger charge is -2.23. The van der Waals surface area contributed by atoms with Gasteiger partial charge in [0.1, 0.15) is 12.2 Å². The van der Waals surface area contributed by atoms with Gasteiger partial charge in [-0.2, -0.15) is 10.4 Å². The van der Waals surface area contributed by atoms with Crippen molar-refractivity contribution >= 4 is 22.6 Å². The fourth-order valence-electron chi connectivity index (χ4n) is 4.16. The molecule has 1 aliphatic rings. The molecule has 36 heavy (non-hydrogen) atoms. The van der Waals surface area contributed by atoms with Crippen molar-refractivity contribution in [1.29, 1.82) is 5.26 Å². The molecule has 2 aromatic heterocycles. The number of ether oxygens (including phenoxy) is 2. The largest absolute Gasteiger partial charge is 0.586 e. The SMILES string of the molecule is CCN(C(=O)Cn1nc(-c2cccc(C#N)c2)c2occc2c1=O)c1ccc2c(c1C)OC(F)(F)O2. The van der Waals surface area contributed by atoms with Crippen molar-refractivity contribution in [3.8, 4) is 28.8 Å². The van der Waals surface area contributed by atoms with Crippen LogP contribution in [0.4, 0.5) is 14.5 Å². The Morgan fingerprint density at radius 1 is 1.22 bits per heavy atom. The molecule has 1 aliphatic heterocycles. The maximum atomic E-state index is 13.6. The number of anilines is 1. The molecule has 11 heteroatoms. The lowest BCUT2D eigenvalue weighted by molar-refractivity contribution is -0.286. The van der Waals surface area contributed by atoms with E-state index in [1.807, 2.05) is 0 Å². The maximum absolute atomic E-state index is 13.6. The second-order valence-electron chi connectivity index (χ2n) is 8.01. The zero-order valence-corrected chi connectivity index (χ0v) is 19.1. The van der Waals surface area contributed by atoms with Crippen LogP contribution in [-0.4, -0.2) is 28.5 Å². The number of hydrogen-bond donors (Lipinski definition) is 0. The highest BCUT2D eigenvalue weighted by molar-refractivity contribution is 5.95. The van der Waals surface area contributed by atoms with Crippen molar-refractivity contribution < 1.29 is 27.5 Å². The molecule has 3 heterocycles. The molecule has 0 radical (unpaired) electrons. The third-order valence-electron chi connectivity index (χ3n) is 5.81. The van der Waals surface area contributed by atoms with Crippen LogP contribution < -0.4 is 19.9 Å². The second kappa shape index (κ2) is 8.49.